The quantitative estimate of drug-likeness (QED) is 0.813. The Kier molecular flexibility index (Phi) is 3.52. The normalized spacial score (nSPS) is 19.9. The van der Waals surface area contributed by atoms with Gasteiger partial charge in [-0.25, -0.2) is 4.98 Å². The smallest absolute Gasteiger partial charge is 0.495 e. The lowest BCUT2D eigenvalue weighted by Gasteiger charge is -2.32. The first-order valence-electron chi connectivity index (χ1n) is 6.37. The first-order valence-corrected chi connectivity index (χ1v) is 6.37. The minimum Gasteiger partial charge on any atom is -0.495 e. The molecule has 0 unspecified atom stereocenters. The fraction of sp³-hybridized carbons (Fsp3) is 0.538. The number of carbonyl (C=O) groups is 1. The lowest BCUT2D eigenvalue weighted by atomic mass is 9.77. The second kappa shape index (κ2) is 4.75. The van der Waals surface area contributed by atoms with Crippen LogP contribution in [0, 0.1) is 0 Å². The van der Waals surface area contributed by atoms with Crippen LogP contribution in [0.3, 0.4) is 0 Å². The van der Waals surface area contributed by atoms with Crippen LogP contribution in [0.15, 0.2) is 12.3 Å². The molecular weight excluding hydrogens is 259 g/mol. The Hall–Kier alpha value is -1.60. The summed E-state index contributed by atoms with van der Waals surface area (Å²) < 4.78 is 17.0. The van der Waals surface area contributed by atoms with Gasteiger partial charge in [0.1, 0.15) is 11.4 Å². The van der Waals surface area contributed by atoms with Crippen LogP contribution >= 0.6 is 0 Å². The standard InChI is InChI=1S/C13H19BN2O4/c1-12(2)13(3,4)20-14(19-12)9-6-8(18-5)7-16-10(9)11(15)17/h6-7H,1-5H3,(H2,15,17). The second-order valence-electron chi connectivity index (χ2n) is 5.77. The molecule has 1 amide bonds. The van der Waals surface area contributed by atoms with Crippen LogP contribution in [0.2, 0.25) is 0 Å². The van der Waals surface area contributed by atoms with Crippen LogP contribution in [0.1, 0.15) is 38.2 Å². The number of nitrogens with zero attached hydrogens (tertiary/aromatic N) is 1. The molecule has 2 rings (SSSR count). The van der Waals surface area contributed by atoms with E-state index < -0.39 is 24.2 Å². The molecule has 0 aromatic carbocycles. The molecule has 20 heavy (non-hydrogen) atoms. The van der Waals surface area contributed by atoms with Gasteiger partial charge in [-0.1, -0.05) is 0 Å². The first kappa shape index (κ1) is 14.8. The highest BCUT2D eigenvalue weighted by atomic mass is 16.7. The lowest BCUT2D eigenvalue weighted by Crippen LogP contribution is -2.41. The molecule has 0 bridgehead atoms. The molecule has 6 nitrogen and oxygen atoms in total. The van der Waals surface area contributed by atoms with E-state index in [4.69, 9.17) is 19.8 Å². The van der Waals surface area contributed by atoms with E-state index in [2.05, 4.69) is 4.98 Å². The van der Waals surface area contributed by atoms with E-state index in [9.17, 15) is 4.79 Å². The van der Waals surface area contributed by atoms with Gasteiger partial charge in [0.2, 0.25) is 0 Å². The third-order valence-corrected chi connectivity index (χ3v) is 3.87. The Morgan fingerprint density at radius 3 is 2.30 bits per heavy atom. The average molecular weight is 278 g/mol. The largest absolute Gasteiger partial charge is 0.497 e. The van der Waals surface area contributed by atoms with Gasteiger partial charge in [0.05, 0.1) is 24.5 Å². The topological polar surface area (TPSA) is 83.7 Å². The van der Waals surface area contributed by atoms with Gasteiger partial charge in [-0.15, -0.1) is 0 Å². The molecule has 1 aliphatic heterocycles. The highest BCUT2D eigenvalue weighted by Gasteiger charge is 2.52. The first-order chi connectivity index (χ1) is 9.18. The number of methoxy groups -OCH3 is 1. The van der Waals surface area contributed by atoms with E-state index in [-0.39, 0.29) is 5.69 Å². The molecule has 0 aliphatic carbocycles. The molecule has 0 radical (unpaired) electrons. The van der Waals surface area contributed by atoms with Crippen molar-refractivity contribution in [3.63, 3.8) is 0 Å². The molecule has 0 saturated carbocycles. The Balaban J connectivity index is 2.45. The van der Waals surface area contributed by atoms with Crippen LogP contribution in [0.25, 0.3) is 0 Å². The maximum atomic E-state index is 11.5. The van der Waals surface area contributed by atoms with Crippen molar-refractivity contribution in [1.82, 2.24) is 4.98 Å². The maximum absolute atomic E-state index is 11.5. The van der Waals surface area contributed by atoms with Crippen molar-refractivity contribution in [2.24, 2.45) is 5.73 Å². The minimum atomic E-state index is -0.704. The fourth-order valence-corrected chi connectivity index (χ4v) is 1.93. The fourth-order valence-electron chi connectivity index (χ4n) is 1.93. The highest BCUT2D eigenvalue weighted by Crippen LogP contribution is 2.36. The molecule has 1 fully saturated rings. The molecule has 0 atom stereocenters. The van der Waals surface area contributed by atoms with E-state index in [0.717, 1.165) is 0 Å². The molecule has 1 saturated heterocycles. The van der Waals surface area contributed by atoms with Gasteiger partial charge in [-0.05, 0) is 33.8 Å². The SMILES string of the molecule is COc1cnc(C(N)=O)c(B2OC(C)(C)C(C)(C)O2)c1. The molecular formula is C13H19BN2O4. The molecule has 1 aromatic rings. The van der Waals surface area contributed by atoms with Crippen LogP contribution in [-0.4, -0.2) is 36.3 Å². The summed E-state index contributed by atoms with van der Waals surface area (Å²) >= 11 is 0. The predicted molar refractivity (Wildman–Crippen MR) is 75.0 cm³/mol. The number of aromatic nitrogens is 1. The van der Waals surface area contributed by atoms with E-state index in [0.29, 0.717) is 11.2 Å². The van der Waals surface area contributed by atoms with Gasteiger partial charge in [-0.2, -0.15) is 0 Å². The van der Waals surface area contributed by atoms with Crippen LogP contribution in [-0.2, 0) is 9.31 Å². The van der Waals surface area contributed by atoms with Crippen LogP contribution in [0.5, 0.6) is 5.75 Å². The van der Waals surface area contributed by atoms with Crippen molar-refractivity contribution < 1.29 is 18.8 Å². The number of primary amides is 1. The Labute approximate surface area is 118 Å². The van der Waals surface area contributed by atoms with Crippen LogP contribution in [0.4, 0.5) is 0 Å². The summed E-state index contributed by atoms with van der Waals surface area (Å²) in [6, 6.07) is 1.66. The van der Waals surface area contributed by atoms with Crippen molar-refractivity contribution in [3.05, 3.63) is 18.0 Å². The number of amides is 1. The summed E-state index contributed by atoms with van der Waals surface area (Å²) in [5.41, 5.74) is 4.96. The van der Waals surface area contributed by atoms with Crippen molar-refractivity contribution in [1.29, 1.82) is 0 Å². The third kappa shape index (κ3) is 2.38. The van der Waals surface area contributed by atoms with Crippen molar-refractivity contribution in [2.45, 2.75) is 38.9 Å². The minimum absolute atomic E-state index is 0.129. The van der Waals surface area contributed by atoms with Crippen molar-refractivity contribution in [2.75, 3.05) is 7.11 Å². The van der Waals surface area contributed by atoms with Gasteiger partial charge < -0.3 is 19.8 Å². The van der Waals surface area contributed by atoms with Crippen molar-refractivity contribution in [3.8, 4) is 5.75 Å². The number of nitrogens with two attached hydrogens (primary N) is 1. The third-order valence-electron chi connectivity index (χ3n) is 3.87. The predicted octanol–water partition coefficient (Wildman–Crippen LogP) is 0.488. The van der Waals surface area contributed by atoms with E-state index >= 15 is 0 Å². The number of rotatable bonds is 3. The molecule has 2 N–H and O–H groups in total. The summed E-state index contributed by atoms with van der Waals surface area (Å²) in [5, 5.41) is 0. The van der Waals surface area contributed by atoms with E-state index in [1.807, 2.05) is 27.7 Å². The van der Waals surface area contributed by atoms with Crippen LogP contribution < -0.4 is 15.9 Å². The maximum Gasteiger partial charge on any atom is 0.497 e. The van der Waals surface area contributed by atoms with Gasteiger partial charge >= 0.3 is 7.12 Å². The van der Waals surface area contributed by atoms with Gasteiger partial charge in [0.15, 0.2) is 0 Å². The highest BCUT2D eigenvalue weighted by molar-refractivity contribution is 6.63. The number of carbonyl (C=O) groups excluding carboxylic acids is 1. The summed E-state index contributed by atoms with van der Waals surface area (Å²) in [6.45, 7) is 7.74. The number of ether oxygens (including phenoxy) is 1. The Morgan fingerprint density at radius 2 is 1.85 bits per heavy atom. The summed E-state index contributed by atoms with van der Waals surface area (Å²) in [5.74, 6) is -0.114. The zero-order valence-electron chi connectivity index (χ0n) is 12.4. The molecule has 1 aromatic heterocycles. The van der Waals surface area contributed by atoms with Gasteiger partial charge in [-0.3, -0.25) is 4.79 Å². The number of hydrogen-bond acceptors (Lipinski definition) is 5. The lowest BCUT2D eigenvalue weighted by molar-refractivity contribution is 0.00578. The molecule has 1 aliphatic rings. The monoisotopic (exact) mass is 278 g/mol. The van der Waals surface area contributed by atoms with E-state index in [1.54, 1.807) is 6.07 Å². The Bertz CT molecular complexity index is 529. The van der Waals surface area contributed by atoms with Crippen molar-refractivity contribution >= 4 is 18.5 Å². The molecule has 0 spiro atoms. The molecule has 2 heterocycles. The summed E-state index contributed by atoms with van der Waals surface area (Å²) in [4.78, 5) is 15.5. The molecule has 7 heteroatoms. The Morgan fingerprint density at radius 1 is 1.30 bits per heavy atom. The number of hydrogen-bond donors (Lipinski definition) is 1. The van der Waals surface area contributed by atoms with Gasteiger partial charge in [0.25, 0.3) is 5.91 Å². The second-order valence-corrected chi connectivity index (χ2v) is 5.77. The average Bonchev–Trinajstić information content (AvgIpc) is 2.57. The number of pyridine rings is 1. The zero-order chi connectivity index (χ0) is 15.1. The van der Waals surface area contributed by atoms with E-state index in [1.165, 1.54) is 13.3 Å². The summed E-state index contributed by atoms with van der Waals surface area (Å²) in [7, 11) is 0.819. The molecule has 108 valence electrons. The van der Waals surface area contributed by atoms with Gasteiger partial charge in [0, 0.05) is 5.46 Å². The zero-order valence-corrected chi connectivity index (χ0v) is 12.4. The summed E-state index contributed by atoms with van der Waals surface area (Å²) in [6.07, 6.45) is 1.44.